The fourth-order valence-corrected chi connectivity index (χ4v) is 2.55. The second-order valence-corrected chi connectivity index (χ2v) is 6.05. The van der Waals surface area contributed by atoms with Crippen molar-refractivity contribution >= 4 is 17.7 Å². The van der Waals surface area contributed by atoms with E-state index in [1.165, 1.54) is 0 Å². The Hall–Kier alpha value is -2.86. The van der Waals surface area contributed by atoms with Gasteiger partial charge in [-0.25, -0.2) is 4.79 Å². The number of benzene rings is 2. The van der Waals surface area contributed by atoms with Crippen LogP contribution in [0.1, 0.15) is 29.8 Å². The van der Waals surface area contributed by atoms with Gasteiger partial charge in [0.15, 0.2) is 0 Å². The molecule has 0 aliphatic heterocycles. The molecule has 27 heavy (non-hydrogen) atoms. The summed E-state index contributed by atoms with van der Waals surface area (Å²) in [5.74, 6) is -0.125. The predicted octanol–water partition coefficient (Wildman–Crippen LogP) is 3.51. The van der Waals surface area contributed by atoms with Crippen LogP contribution in [0.25, 0.3) is 0 Å². The number of hydrogen-bond donors (Lipinski definition) is 2. The van der Waals surface area contributed by atoms with E-state index in [4.69, 9.17) is 4.74 Å². The molecule has 6 heteroatoms. The normalized spacial score (nSPS) is 10.5. The van der Waals surface area contributed by atoms with Crippen molar-refractivity contribution in [2.75, 3.05) is 31.5 Å². The van der Waals surface area contributed by atoms with Gasteiger partial charge in [-0.3, -0.25) is 10.1 Å². The molecule has 0 aliphatic rings. The number of carbonyl (C=O) groups is 2. The van der Waals surface area contributed by atoms with Crippen molar-refractivity contribution in [2.45, 2.75) is 20.5 Å². The Bertz CT molecular complexity index is 713. The lowest BCUT2D eigenvalue weighted by Gasteiger charge is -2.17. The Morgan fingerprint density at radius 1 is 0.963 bits per heavy atom. The summed E-state index contributed by atoms with van der Waals surface area (Å²) in [6.45, 7) is 7.77. The fourth-order valence-electron chi connectivity index (χ4n) is 2.55. The molecule has 0 aliphatic carbocycles. The molecule has 6 nitrogen and oxygen atoms in total. The van der Waals surface area contributed by atoms with Crippen molar-refractivity contribution in [1.29, 1.82) is 0 Å². The van der Waals surface area contributed by atoms with Crippen LogP contribution in [0.5, 0.6) is 0 Å². The third kappa shape index (κ3) is 7.11. The highest BCUT2D eigenvalue weighted by atomic mass is 16.5. The van der Waals surface area contributed by atoms with Crippen LogP contribution in [0.4, 0.5) is 10.5 Å². The highest BCUT2D eigenvalue weighted by molar-refractivity contribution is 5.95. The first-order valence-corrected chi connectivity index (χ1v) is 9.20. The molecule has 2 rings (SSSR count). The number of hydrogen-bond acceptors (Lipinski definition) is 4. The SMILES string of the molecule is CCN(CC)CCNC(=O)c1ccc(NC(=O)OCc2ccccc2)cc1. The van der Waals surface area contributed by atoms with Gasteiger partial charge in [0.25, 0.3) is 5.91 Å². The van der Waals surface area contributed by atoms with Gasteiger partial charge in [0, 0.05) is 24.3 Å². The van der Waals surface area contributed by atoms with Crippen LogP contribution < -0.4 is 10.6 Å². The Labute approximate surface area is 160 Å². The minimum Gasteiger partial charge on any atom is -0.444 e. The highest BCUT2D eigenvalue weighted by Crippen LogP contribution is 2.10. The summed E-state index contributed by atoms with van der Waals surface area (Å²) in [7, 11) is 0. The number of likely N-dealkylation sites (N-methyl/N-ethyl adjacent to an activating group) is 1. The molecule has 0 heterocycles. The second-order valence-electron chi connectivity index (χ2n) is 6.05. The van der Waals surface area contributed by atoms with Crippen molar-refractivity contribution in [2.24, 2.45) is 0 Å². The zero-order valence-corrected chi connectivity index (χ0v) is 15.9. The van der Waals surface area contributed by atoms with Gasteiger partial charge in [0.2, 0.25) is 0 Å². The summed E-state index contributed by atoms with van der Waals surface area (Å²) >= 11 is 0. The summed E-state index contributed by atoms with van der Waals surface area (Å²) < 4.78 is 5.17. The van der Waals surface area contributed by atoms with E-state index in [0.717, 1.165) is 25.2 Å². The molecule has 0 spiro atoms. The van der Waals surface area contributed by atoms with E-state index < -0.39 is 6.09 Å². The number of carbonyl (C=O) groups excluding carboxylic acids is 2. The van der Waals surface area contributed by atoms with Crippen LogP contribution >= 0.6 is 0 Å². The monoisotopic (exact) mass is 369 g/mol. The van der Waals surface area contributed by atoms with Gasteiger partial charge in [-0.1, -0.05) is 44.2 Å². The summed E-state index contributed by atoms with van der Waals surface area (Å²) in [6, 6.07) is 16.2. The van der Waals surface area contributed by atoms with Crippen LogP contribution in [0.2, 0.25) is 0 Å². The van der Waals surface area contributed by atoms with E-state index in [2.05, 4.69) is 29.4 Å². The minimum atomic E-state index is -0.532. The van der Waals surface area contributed by atoms with Crippen LogP contribution in [0.15, 0.2) is 54.6 Å². The number of nitrogens with one attached hydrogen (secondary N) is 2. The van der Waals surface area contributed by atoms with E-state index in [1.54, 1.807) is 24.3 Å². The maximum absolute atomic E-state index is 12.2. The third-order valence-electron chi connectivity index (χ3n) is 4.21. The molecule has 0 unspecified atom stereocenters. The third-order valence-corrected chi connectivity index (χ3v) is 4.21. The molecule has 144 valence electrons. The lowest BCUT2D eigenvalue weighted by Crippen LogP contribution is -2.34. The number of nitrogens with zero attached hydrogens (tertiary/aromatic N) is 1. The molecule has 0 saturated carbocycles. The fraction of sp³-hybridized carbons (Fsp3) is 0.333. The smallest absolute Gasteiger partial charge is 0.411 e. The number of ether oxygens (including phenoxy) is 1. The molecule has 0 radical (unpaired) electrons. The number of anilines is 1. The average Bonchev–Trinajstić information content (AvgIpc) is 2.71. The molecule has 0 saturated heterocycles. The highest BCUT2D eigenvalue weighted by Gasteiger charge is 2.08. The second kappa shape index (κ2) is 11.0. The van der Waals surface area contributed by atoms with Crippen molar-refractivity contribution < 1.29 is 14.3 Å². The van der Waals surface area contributed by atoms with Gasteiger partial charge < -0.3 is 15.0 Å². The summed E-state index contributed by atoms with van der Waals surface area (Å²) in [4.78, 5) is 26.2. The molecule has 2 amide bonds. The van der Waals surface area contributed by atoms with Crippen LogP contribution in [-0.4, -0.2) is 43.1 Å². The first-order chi connectivity index (χ1) is 13.1. The Balaban J connectivity index is 1.76. The van der Waals surface area contributed by atoms with Gasteiger partial charge in [0.1, 0.15) is 6.61 Å². The Morgan fingerprint density at radius 2 is 1.63 bits per heavy atom. The van der Waals surface area contributed by atoms with E-state index in [1.807, 2.05) is 30.3 Å². The van der Waals surface area contributed by atoms with Gasteiger partial charge >= 0.3 is 6.09 Å². The predicted molar refractivity (Wildman–Crippen MR) is 107 cm³/mol. The topological polar surface area (TPSA) is 70.7 Å². The van der Waals surface area contributed by atoms with Gasteiger partial charge in [-0.05, 0) is 42.9 Å². The van der Waals surface area contributed by atoms with Crippen molar-refractivity contribution in [3.05, 3.63) is 65.7 Å². The van der Waals surface area contributed by atoms with Crippen LogP contribution in [-0.2, 0) is 11.3 Å². The first-order valence-electron chi connectivity index (χ1n) is 9.20. The van der Waals surface area contributed by atoms with Crippen molar-refractivity contribution in [1.82, 2.24) is 10.2 Å². The maximum Gasteiger partial charge on any atom is 0.411 e. The largest absolute Gasteiger partial charge is 0.444 e. The number of amides is 2. The Kier molecular flexibility index (Phi) is 8.32. The minimum absolute atomic E-state index is 0.125. The quantitative estimate of drug-likeness (QED) is 0.710. The summed E-state index contributed by atoms with van der Waals surface area (Å²) in [5, 5.41) is 5.56. The summed E-state index contributed by atoms with van der Waals surface area (Å²) in [5.41, 5.74) is 2.05. The van der Waals surface area contributed by atoms with Crippen LogP contribution in [0.3, 0.4) is 0 Å². The van der Waals surface area contributed by atoms with E-state index >= 15 is 0 Å². The van der Waals surface area contributed by atoms with Gasteiger partial charge in [-0.15, -0.1) is 0 Å². The van der Waals surface area contributed by atoms with E-state index in [-0.39, 0.29) is 12.5 Å². The number of rotatable bonds is 9. The van der Waals surface area contributed by atoms with Crippen LogP contribution in [0, 0.1) is 0 Å². The first kappa shape index (κ1) is 20.5. The molecule has 2 aromatic rings. The molecule has 0 aromatic heterocycles. The molecule has 0 fully saturated rings. The molecule has 0 bridgehead atoms. The Morgan fingerprint density at radius 3 is 2.26 bits per heavy atom. The summed E-state index contributed by atoms with van der Waals surface area (Å²) in [6.07, 6.45) is -0.532. The standard InChI is InChI=1S/C21H27N3O3/c1-3-24(4-2)15-14-22-20(25)18-10-12-19(13-11-18)23-21(26)27-16-17-8-6-5-7-9-17/h5-13H,3-4,14-16H2,1-2H3,(H,22,25)(H,23,26). The molecule has 2 N–H and O–H groups in total. The molecular weight excluding hydrogens is 342 g/mol. The zero-order chi connectivity index (χ0) is 19.5. The lowest BCUT2D eigenvalue weighted by atomic mass is 10.2. The van der Waals surface area contributed by atoms with Crippen molar-refractivity contribution in [3.8, 4) is 0 Å². The van der Waals surface area contributed by atoms with Gasteiger partial charge in [-0.2, -0.15) is 0 Å². The van der Waals surface area contributed by atoms with E-state index in [9.17, 15) is 9.59 Å². The average molecular weight is 369 g/mol. The lowest BCUT2D eigenvalue weighted by molar-refractivity contribution is 0.0949. The van der Waals surface area contributed by atoms with Gasteiger partial charge in [0.05, 0.1) is 0 Å². The maximum atomic E-state index is 12.2. The molecule has 2 aromatic carbocycles. The van der Waals surface area contributed by atoms with Crippen molar-refractivity contribution in [3.63, 3.8) is 0 Å². The van der Waals surface area contributed by atoms with E-state index in [0.29, 0.717) is 17.8 Å². The zero-order valence-electron chi connectivity index (χ0n) is 15.9. The molecular formula is C21H27N3O3. The molecule has 0 atom stereocenters.